The van der Waals surface area contributed by atoms with Gasteiger partial charge in [0.15, 0.2) is 0 Å². The van der Waals surface area contributed by atoms with Gasteiger partial charge in [0.1, 0.15) is 0 Å². The SMILES string of the molecule is O=C(/C=C/c1ccc([N+](=O)[O-])cc1)N1CCCCC(c2ccccc2)C1. The van der Waals surface area contributed by atoms with Crippen LogP contribution < -0.4 is 0 Å². The smallest absolute Gasteiger partial charge is 0.269 e. The Morgan fingerprint density at radius 2 is 1.81 bits per heavy atom. The van der Waals surface area contributed by atoms with Crippen molar-refractivity contribution in [2.24, 2.45) is 0 Å². The molecular formula is C21H22N2O3. The molecule has 1 saturated heterocycles. The van der Waals surface area contributed by atoms with Gasteiger partial charge < -0.3 is 4.90 Å². The van der Waals surface area contributed by atoms with Crippen LogP contribution in [0, 0.1) is 10.1 Å². The van der Waals surface area contributed by atoms with Crippen LogP contribution in [0.5, 0.6) is 0 Å². The topological polar surface area (TPSA) is 63.4 Å². The van der Waals surface area contributed by atoms with E-state index in [0.29, 0.717) is 5.92 Å². The van der Waals surface area contributed by atoms with Crippen LogP contribution in [0.2, 0.25) is 0 Å². The lowest BCUT2D eigenvalue weighted by molar-refractivity contribution is -0.384. The molecule has 0 radical (unpaired) electrons. The van der Waals surface area contributed by atoms with E-state index in [2.05, 4.69) is 12.1 Å². The summed E-state index contributed by atoms with van der Waals surface area (Å²) in [4.78, 5) is 24.8. The van der Waals surface area contributed by atoms with Crippen LogP contribution in [0.15, 0.2) is 60.7 Å². The van der Waals surface area contributed by atoms with E-state index in [9.17, 15) is 14.9 Å². The second kappa shape index (κ2) is 8.43. The number of nitro benzene ring substituents is 1. The van der Waals surface area contributed by atoms with Gasteiger partial charge in [0.25, 0.3) is 5.69 Å². The van der Waals surface area contributed by atoms with Crippen LogP contribution in [0.4, 0.5) is 5.69 Å². The van der Waals surface area contributed by atoms with E-state index in [4.69, 9.17) is 0 Å². The Hall–Kier alpha value is -2.95. The van der Waals surface area contributed by atoms with E-state index in [1.54, 1.807) is 24.3 Å². The van der Waals surface area contributed by atoms with E-state index in [1.807, 2.05) is 23.1 Å². The van der Waals surface area contributed by atoms with Gasteiger partial charge in [-0.15, -0.1) is 0 Å². The van der Waals surface area contributed by atoms with Gasteiger partial charge in [-0.05, 0) is 42.2 Å². The van der Waals surface area contributed by atoms with Crippen LogP contribution in [-0.2, 0) is 4.79 Å². The Bertz CT molecular complexity index is 785. The fourth-order valence-electron chi connectivity index (χ4n) is 3.32. The summed E-state index contributed by atoms with van der Waals surface area (Å²) in [7, 11) is 0. The van der Waals surface area contributed by atoms with Crippen molar-refractivity contribution in [3.05, 3.63) is 81.9 Å². The summed E-state index contributed by atoms with van der Waals surface area (Å²) in [6.07, 6.45) is 6.51. The number of carbonyl (C=O) groups excluding carboxylic acids is 1. The molecule has 26 heavy (non-hydrogen) atoms. The highest BCUT2D eigenvalue weighted by atomic mass is 16.6. The van der Waals surface area contributed by atoms with Crippen LogP contribution in [0.25, 0.3) is 6.08 Å². The highest BCUT2D eigenvalue weighted by Crippen LogP contribution is 2.26. The van der Waals surface area contributed by atoms with Crippen molar-refractivity contribution in [3.8, 4) is 0 Å². The van der Waals surface area contributed by atoms with Crippen LogP contribution in [0.3, 0.4) is 0 Å². The molecule has 1 aliphatic rings. The predicted octanol–water partition coefficient (Wildman–Crippen LogP) is 4.40. The number of rotatable bonds is 4. The summed E-state index contributed by atoms with van der Waals surface area (Å²) in [6, 6.07) is 16.5. The van der Waals surface area contributed by atoms with E-state index < -0.39 is 4.92 Å². The molecule has 1 fully saturated rings. The zero-order valence-electron chi connectivity index (χ0n) is 14.6. The first kappa shape index (κ1) is 17.9. The van der Waals surface area contributed by atoms with Gasteiger partial charge in [-0.2, -0.15) is 0 Å². The van der Waals surface area contributed by atoms with Gasteiger partial charge in [0.2, 0.25) is 5.91 Å². The number of likely N-dealkylation sites (tertiary alicyclic amines) is 1. The monoisotopic (exact) mass is 350 g/mol. The molecule has 1 atom stereocenters. The molecule has 1 heterocycles. The van der Waals surface area contributed by atoms with Crippen LogP contribution in [0.1, 0.15) is 36.3 Å². The van der Waals surface area contributed by atoms with Crippen LogP contribution >= 0.6 is 0 Å². The Morgan fingerprint density at radius 1 is 1.08 bits per heavy atom. The molecular weight excluding hydrogens is 328 g/mol. The maximum atomic E-state index is 12.6. The molecule has 2 aromatic carbocycles. The summed E-state index contributed by atoms with van der Waals surface area (Å²) < 4.78 is 0. The van der Waals surface area contributed by atoms with Crippen molar-refractivity contribution in [1.82, 2.24) is 4.90 Å². The molecule has 0 bridgehead atoms. The Morgan fingerprint density at radius 3 is 2.50 bits per heavy atom. The van der Waals surface area contributed by atoms with Crippen molar-refractivity contribution >= 4 is 17.7 Å². The molecule has 5 nitrogen and oxygen atoms in total. The predicted molar refractivity (Wildman–Crippen MR) is 102 cm³/mol. The summed E-state index contributed by atoms with van der Waals surface area (Å²) in [5, 5.41) is 10.7. The quantitative estimate of drug-likeness (QED) is 0.466. The van der Waals surface area contributed by atoms with E-state index in [1.165, 1.54) is 17.7 Å². The minimum Gasteiger partial charge on any atom is -0.339 e. The maximum Gasteiger partial charge on any atom is 0.269 e. The number of hydrogen-bond acceptors (Lipinski definition) is 3. The second-order valence-electron chi connectivity index (χ2n) is 6.57. The average Bonchev–Trinajstić information content (AvgIpc) is 2.93. The Balaban J connectivity index is 1.66. The molecule has 1 aliphatic heterocycles. The zero-order chi connectivity index (χ0) is 18.4. The standard InChI is InChI=1S/C21H22N2O3/c24-21(14-11-17-9-12-20(13-10-17)23(25)26)22-15-5-4-8-19(16-22)18-6-2-1-3-7-18/h1-3,6-7,9-14,19H,4-5,8,15-16H2/b14-11+. The van der Waals surface area contributed by atoms with Crippen LogP contribution in [-0.4, -0.2) is 28.8 Å². The number of nitro groups is 1. The van der Waals surface area contributed by atoms with Crippen molar-refractivity contribution < 1.29 is 9.72 Å². The largest absolute Gasteiger partial charge is 0.339 e. The van der Waals surface area contributed by atoms with Gasteiger partial charge in [-0.3, -0.25) is 14.9 Å². The lowest BCUT2D eigenvalue weighted by Crippen LogP contribution is -2.32. The maximum absolute atomic E-state index is 12.6. The van der Waals surface area contributed by atoms with Crippen molar-refractivity contribution in [3.63, 3.8) is 0 Å². The molecule has 5 heteroatoms. The highest BCUT2D eigenvalue weighted by molar-refractivity contribution is 5.91. The second-order valence-corrected chi connectivity index (χ2v) is 6.57. The molecule has 0 aliphatic carbocycles. The molecule has 0 aromatic heterocycles. The Labute approximate surface area is 153 Å². The van der Waals surface area contributed by atoms with Crippen molar-refractivity contribution in [1.29, 1.82) is 0 Å². The number of carbonyl (C=O) groups is 1. The lowest BCUT2D eigenvalue weighted by atomic mass is 9.94. The third kappa shape index (κ3) is 4.57. The highest BCUT2D eigenvalue weighted by Gasteiger charge is 2.21. The summed E-state index contributed by atoms with van der Waals surface area (Å²) in [5.41, 5.74) is 2.11. The number of amides is 1. The van der Waals surface area contributed by atoms with Gasteiger partial charge in [0.05, 0.1) is 4.92 Å². The van der Waals surface area contributed by atoms with Crippen molar-refractivity contribution in [2.75, 3.05) is 13.1 Å². The van der Waals surface area contributed by atoms with E-state index >= 15 is 0 Å². The molecule has 3 rings (SSSR count). The van der Waals surface area contributed by atoms with Gasteiger partial charge in [-0.1, -0.05) is 36.8 Å². The molecule has 1 unspecified atom stereocenters. The molecule has 1 amide bonds. The first-order valence-corrected chi connectivity index (χ1v) is 8.90. The molecule has 0 spiro atoms. The summed E-state index contributed by atoms with van der Waals surface area (Å²) in [5.74, 6) is 0.363. The lowest BCUT2D eigenvalue weighted by Gasteiger charge is -2.23. The van der Waals surface area contributed by atoms with Gasteiger partial charge in [-0.25, -0.2) is 0 Å². The van der Waals surface area contributed by atoms with E-state index in [0.717, 1.165) is 37.9 Å². The normalized spacial score (nSPS) is 17.8. The third-order valence-corrected chi connectivity index (χ3v) is 4.78. The van der Waals surface area contributed by atoms with Gasteiger partial charge >= 0.3 is 0 Å². The van der Waals surface area contributed by atoms with Crippen molar-refractivity contribution in [2.45, 2.75) is 25.2 Å². The molecule has 134 valence electrons. The first-order valence-electron chi connectivity index (χ1n) is 8.90. The minimum absolute atomic E-state index is 0.00816. The molecule has 0 saturated carbocycles. The first-order chi connectivity index (χ1) is 12.6. The minimum atomic E-state index is -0.431. The number of non-ortho nitro benzene ring substituents is 1. The average molecular weight is 350 g/mol. The number of nitrogens with zero attached hydrogens (tertiary/aromatic N) is 2. The fourth-order valence-corrected chi connectivity index (χ4v) is 3.32. The molecule has 0 N–H and O–H groups in total. The fraction of sp³-hybridized carbons (Fsp3) is 0.286. The summed E-state index contributed by atoms with van der Waals surface area (Å²) >= 11 is 0. The summed E-state index contributed by atoms with van der Waals surface area (Å²) in [6.45, 7) is 1.50. The molecule has 2 aromatic rings. The number of hydrogen-bond donors (Lipinski definition) is 0. The van der Waals surface area contributed by atoms with Gasteiger partial charge in [0, 0.05) is 37.2 Å². The zero-order valence-corrected chi connectivity index (χ0v) is 14.6. The third-order valence-electron chi connectivity index (χ3n) is 4.78. The number of benzene rings is 2. The Kier molecular flexibility index (Phi) is 5.79. The van der Waals surface area contributed by atoms with E-state index in [-0.39, 0.29) is 11.6 Å².